The van der Waals surface area contributed by atoms with Gasteiger partial charge >= 0.3 is 12.1 Å². The predicted octanol–water partition coefficient (Wildman–Crippen LogP) is 2.42. The smallest absolute Gasteiger partial charge is 0.411 e. The molecule has 0 aromatic carbocycles. The van der Waals surface area contributed by atoms with Crippen LogP contribution in [0.25, 0.3) is 0 Å². The van der Waals surface area contributed by atoms with Gasteiger partial charge < -0.3 is 9.47 Å². The zero-order chi connectivity index (χ0) is 15.0. The average Bonchev–Trinajstić information content (AvgIpc) is 2.89. The molecular weight excluding hydrogens is 258 g/mol. The Balaban J connectivity index is 2.10. The summed E-state index contributed by atoms with van der Waals surface area (Å²) in [6, 6.07) is 0.0345. The zero-order valence-electron chi connectivity index (χ0n) is 12.2. The van der Waals surface area contributed by atoms with Crippen LogP contribution in [0.5, 0.6) is 0 Å². The Morgan fingerprint density at radius 2 is 2.20 bits per heavy atom. The van der Waals surface area contributed by atoms with Crippen molar-refractivity contribution in [3.05, 3.63) is 24.8 Å². The van der Waals surface area contributed by atoms with Gasteiger partial charge in [-0.2, -0.15) is 0 Å². The number of carbonyl (C=O) groups is 2. The Morgan fingerprint density at radius 3 is 2.70 bits per heavy atom. The van der Waals surface area contributed by atoms with Crippen molar-refractivity contribution in [2.75, 3.05) is 6.61 Å². The monoisotopic (exact) mass is 279 g/mol. The number of amides is 1. The van der Waals surface area contributed by atoms with Gasteiger partial charge in [0.2, 0.25) is 0 Å². The molecule has 0 aliphatic carbocycles. The van der Waals surface area contributed by atoms with Crippen LogP contribution in [0.4, 0.5) is 4.79 Å². The molecule has 0 radical (unpaired) electrons. The highest BCUT2D eigenvalue weighted by atomic mass is 16.6. The molecule has 1 amide bonds. The zero-order valence-corrected chi connectivity index (χ0v) is 12.2. The van der Waals surface area contributed by atoms with Gasteiger partial charge in [0.15, 0.2) is 0 Å². The van der Waals surface area contributed by atoms with Crippen LogP contribution >= 0.6 is 0 Å². The first kappa shape index (κ1) is 14.6. The minimum absolute atomic E-state index is 0.0345. The topological polar surface area (TPSA) is 55.8 Å². The van der Waals surface area contributed by atoms with Crippen molar-refractivity contribution in [1.82, 2.24) is 4.90 Å². The van der Waals surface area contributed by atoms with Crippen molar-refractivity contribution in [3.8, 4) is 0 Å². The largest absolute Gasteiger partial charge is 0.460 e. The molecule has 0 spiro atoms. The Kier molecular flexibility index (Phi) is 3.63. The van der Waals surface area contributed by atoms with Gasteiger partial charge in [-0.25, -0.2) is 9.59 Å². The van der Waals surface area contributed by atoms with Crippen LogP contribution in [0, 0.1) is 0 Å². The highest BCUT2D eigenvalue weighted by Gasteiger charge is 2.52. The van der Waals surface area contributed by atoms with Crippen LogP contribution in [0.1, 0.15) is 33.6 Å². The van der Waals surface area contributed by atoms with E-state index in [0.717, 1.165) is 18.9 Å². The minimum Gasteiger partial charge on any atom is -0.460 e. The van der Waals surface area contributed by atoms with Crippen LogP contribution in [0.2, 0.25) is 0 Å². The lowest BCUT2D eigenvalue weighted by Gasteiger charge is -2.35. The molecule has 1 fully saturated rings. The molecule has 2 heterocycles. The third-order valence-electron chi connectivity index (χ3n) is 3.53. The summed E-state index contributed by atoms with van der Waals surface area (Å²) in [5.41, 5.74) is -1.11. The van der Waals surface area contributed by atoms with E-state index < -0.39 is 17.1 Å². The summed E-state index contributed by atoms with van der Waals surface area (Å²) >= 11 is 0. The SMILES string of the molecule is C=CC(=O)OC[C@@]12C=C[C@@H](CC1)N2C(=O)OC(C)(C)C. The normalized spacial score (nSPS) is 27.6. The van der Waals surface area contributed by atoms with Crippen molar-refractivity contribution < 1.29 is 19.1 Å². The molecule has 2 aliphatic heterocycles. The fraction of sp³-hybridized carbons (Fsp3) is 0.600. The molecule has 0 unspecified atom stereocenters. The van der Waals surface area contributed by atoms with Crippen LogP contribution in [0.3, 0.4) is 0 Å². The van der Waals surface area contributed by atoms with E-state index in [1.807, 2.05) is 32.9 Å². The maximum absolute atomic E-state index is 12.3. The molecule has 0 saturated carbocycles. The molecule has 110 valence electrons. The standard InChI is InChI=1S/C15H21NO4/c1-5-12(17)19-10-15-8-6-11(7-9-15)16(15)13(18)20-14(2,3)4/h5-6,8,11H,1,7,9-10H2,2-4H3/t11-,15+/m0/s1. The number of fused-ring (bicyclic) bond motifs is 2. The summed E-state index contributed by atoms with van der Waals surface area (Å²) < 4.78 is 10.6. The van der Waals surface area contributed by atoms with E-state index in [4.69, 9.17) is 9.47 Å². The first-order chi connectivity index (χ1) is 9.27. The average molecular weight is 279 g/mol. The van der Waals surface area contributed by atoms with Crippen LogP contribution in [0.15, 0.2) is 24.8 Å². The van der Waals surface area contributed by atoms with E-state index >= 15 is 0 Å². The molecule has 1 saturated heterocycles. The maximum Gasteiger partial charge on any atom is 0.411 e. The number of hydrogen-bond acceptors (Lipinski definition) is 4. The molecule has 0 N–H and O–H groups in total. The third kappa shape index (κ3) is 2.71. The molecule has 2 atom stereocenters. The number of nitrogens with zero attached hydrogens (tertiary/aromatic N) is 1. The maximum atomic E-state index is 12.3. The Morgan fingerprint density at radius 1 is 1.50 bits per heavy atom. The van der Waals surface area contributed by atoms with E-state index in [2.05, 4.69) is 6.58 Å². The van der Waals surface area contributed by atoms with Crippen molar-refractivity contribution >= 4 is 12.1 Å². The summed E-state index contributed by atoms with van der Waals surface area (Å²) in [6.45, 7) is 9.01. The van der Waals surface area contributed by atoms with Gasteiger partial charge in [0.25, 0.3) is 0 Å². The second-order valence-corrected chi connectivity index (χ2v) is 6.23. The Labute approximate surface area is 119 Å². The molecular formula is C15H21NO4. The summed E-state index contributed by atoms with van der Waals surface area (Å²) in [4.78, 5) is 25.3. The predicted molar refractivity (Wildman–Crippen MR) is 74.1 cm³/mol. The number of esters is 1. The van der Waals surface area contributed by atoms with Crippen molar-refractivity contribution in [3.63, 3.8) is 0 Å². The molecule has 0 aromatic rings. The van der Waals surface area contributed by atoms with Crippen molar-refractivity contribution in [2.24, 2.45) is 0 Å². The summed E-state index contributed by atoms with van der Waals surface area (Å²) in [6.07, 6.45) is 6.33. The van der Waals surface area contributed by atoms with E-state index in [1.54, 1.807) is 4.90 Å². The van der Waals surface area contributed by atoms with E-state index in [9.17, 15) is 9.59 Å². The van der Waals surface area contributed by atoms with Gasteiger partial charge in [0, 0.05) is 6.08 Å². The first-order valence-corrected chi connectivity index (χ1v) is 6.78. The van der Waals surface area contributed by atoms with Gasteiger partial charge in [-0.05, 0) is 33.6 Å². The fourth-order valence-electron chi connectivity index (χ4n) is 2.69. The summed E-state index contributed by atoms with van der Waals surface area (Å²) in [5.74, 6) is -0.479. The summed E-state index contributed by atoms with van der Waals surface area (Å²) in [7, 11) is 0. The molecule has 2 rings (SSSR count). The Hall–Kier alpha value is -1.78. The third-order valence-corrected chi connectivity index (χ3v) is 3.53. The van der Waals surface area contributed by atoms with Crippen molar-refractivity contribution in [1.29, 1.82) is 0 Å². The molecule has 20 heavy (non-hydrogen) atoms. The molecule has 2 bridgehead atoms. The molecule has 0 aromatic heterocycles. The lowest BCUT2D eigenvalue weighted by Crippen LogP contribution is -2.50. The van der Waals surface area contributed by atoms with Gasteiger partial charge in [-0.15, -0.1) is 0 Å². The van der Waals surface area contributed by atoms with Gasteiger partial charge in [-0.1, -0.05) is 18.7 Å². The fourth-order valence-corrected chi connectivity index (χ4v) is 2.69. The van der Waals surface area contributed by atoms with Gasteiger partial charge in [-0.3, -0.25) is 4.90 Å². The number of hydrogen-bond donors (Lipinski definition) is 0. The molecule has 5 heteroatoms. The second-order valence-electron chi connectivity index (χ2n) is 6.23. The Bertz CT molecular complexity index is 463. The quantitative estimate of drug-likeness (QED) is 0.452. The lowest BCUT2D eigenvalue weighted by atomic mass is 9.94. The van der Waals surface area contributed by atoms with E-state index in [1.165, 1.54) is 0 Å². The first-order valence-electron chi connectivity index (χ1n) is 6.78. The number of rotatable bonds is 3. The second kappa shape index (κ2) is 4.96. The van der Waals surface area contributed by atoms with E-state index in [-0.39, 0.29) is 18.7 Å². The number of carbonyl (C=O) groups excluding carboxylic acids is 2. The molecule has 5 nitrogen and oxygen atoms in total. The van der Waals surface area contributed by atoms with Gasteiger partial charge in [0.1, 0.15) is 12.2 Å². The number of ether oxygens (including phenoxy) is 2. The van der Waals surface area contributed by atoms with Gasteiger partial charge in [0.05, 0.1) is 11.6 Å². The molecule has 2 aliphatic rings. The van der Waals surface area contributed by atoms with Crippen LogP contribution in [-0.4, -0.2) is 40.8 Å². The minimum atomic E-state index is -0.564. The highest BCUT2D eigenvalue weighted by molar-refractivity contribution is 5.81. The van der Waals surface area contributed by atoms with Crippen LogP contribution in [-0.2, 0) is 14.3 Å². The van der Waals surface area contributed by atoms with Crippen LogP contribution < -0.4 is 0 Å². The lowest BCUT2D eigenvalue weighted by molar-refractivity contribution is -0.140. The van der Waals surface area contributed by atoms with Crippen molar-refractivity contribution in [2.45, 2.75) is 50.8 Å². The van der Waals surface area contributed by atoms with E-state index in [0.29, 0.717) is 0 Å². The highest BCUT2D eigenvalue weighted by Crippen LogP contribution is 2.42. The summed E-state index contributed by atoms with van der Waals surface area (Å²) in [5, 5.41) is 0.